The minimum absolute atomic E-state index is 0.163. The van der Waals surface area contributed by atoms with Gasteiger partial charge in [0.1, 0.15) is 5.56 Å². The Morgan fingerprint density at radius 1 is 1.33 bits per heavy atom. The highest BCUT2D eigenvalue weighted by Gasteiger charge is 2.34. The number of rotatable bonds is 4. The van der Waals surface area contributed by atoms with Crippen molar-refractivity contribution in [2.24, 2.45) is 5.41 Å². The molecule has 1 heterocycles. The van der Waals surface area contributed by atoms with E-state index in [1.54, 1.807) is 0 Å². The lowest BCUT2D eigenvalue weighted by atomic mass is 9.75. The zero-order valence-corrected chi connectivity index (χ0v) is 13.7. The van der Waals surface area contributed by atoms with Gasteiger partial charge in [0.15, 0.2) is 11.4 Å². The standard InChI is InChI=1S/C16H20N2O6/c1-15(2)5-10-8(11(19)6-15)4-9(13(21)18-10)12(20)17-7-16(3,24)14(22)23/h4,24H,5-7H2,1-3H3,(H,17,20)(H,18,21)(H,22,23). The molecule has 0 saturated heterocycles. The van der Waals surface area contributed by atoms with E-state index < -0.39 is 29.6 Å². The Balaban J connectivity index is 2.28. The summed E-state index contributed by atoms with van der Waals surface area (Å²) in [7, 11) is 0. The Hall–Kier alpha value is -2.48. The number of pyridine rings is 1. The summed E-state index contributed by atoms with van der Waals surface area (Å²) in [6.45, 7) is 4.29. The molecule has 0 bridgehead atoms. The van der Waals surface area contributed by atoms with Gasteiger partial charge in [0, 0.05) is 17.7 Å². The molecule has 1 atom stereocenters. The first-order chi connectivity index (χ1) is 10.9. The van der Waals surface area contributed by atoms with E-state index in [-0.39, 0.29) is 16.8 Å². The van der Waals surface area contributed by atoms with E-state index in [9.17, 15) is 24.3 Å². The number of carbonyl (C=O) groups is 3. The predicted molar refractivity (Wildman–Crippen MR) is 84.1 cm³/mol. The van der Waals surface area contributed by atoms with Crippen LogP contribution in [0.25, 0.3) is 0 Å². The SMILES string of the molecule is CC1(C)CC(=O)c2cc(C(=O)NCC(C)(O)C(=O)O)c(=O)[nH]c2C1. The molecular weight excluding hydrogens is 316 g/mol. The number of aliphatic hydroxyl groups is 1. The van der Waals surface area contributed by atoms with Gasteiger partial charge in [0.2, 0.25) is 0 Å². The second kappa shape index (κ2) is 5.86. The van der Waals surface area contributed by atoms with Crippen molar-refractivity contribution in [2.45, 2.75) is 39.2 Å². The minimum Gasteiger partial charge on any atom is -0.479 e. The lowest BCUT2D eigenvalue weighted by Crippen LogP contribution is -2.47. The van der Waals surface area contributed by atoms with Gasteiger partial charge >= 0.3 is 5.97 Å². The van der Waals surface area contributed by atoms with E-state index in [0.29, 0.717) is 24.1 Å². The predicted octanol–water partition coefficient (Wildman–Crippen LogP) is 0.0954. The van der Waals surface area contributed by atoms with Crippen LogP contribution in [0.1, 0.15) is 53.6 Å². The first kappa shape index (κ1) is 17.9. The number of nitrogens with one attached hydrogen (secondary N) is 2. The summed E-state index contributed by atoms with van der Waals surface area (Å²) in [6, 6.07) is 1.23. The highest BCUT2D eigenvalue weighted by molar-refractivity contribution is 6.02. The Bertz CT molecular complexity index is 775. The molecule has 1 amide bonds. The van der Waals surface area contributed by atoms with Gasteiger partial charge in [-0.15, -0.1) is 0 Å². The van der Waals surface area contributed by atoms with Crippen molar-refractivity contribution in [3.8, 4) is 0 Å². The number of aromatic amines is 1. The minimum atomic E-state index is -2.16. The number of carbonyl (C=O) groups excluding carboxylic acids is 2. The maximum atomic E-state index is 12.2. The van der Waals surface area contributed by atoms with Crippen LogP contribution in [-0.4, -0.2) is 45.0 Å². The van der Waals surface area contributed by atoms with Crippen LogP contribution < -0.4 is 10.9 Å². The summed E-state index contributed by atoms with van der Waals surface area (Å²) in [5.74, 6) is -2.51. The lowest BCUT2D eigenvalue weighted by Gasteiger charge is -2.29. The molecule has 1 aromatic rings. The van der Waals surface area contributed by atoms with Crippen molar-refractivity contribution in [3.05, 3.63) is 33.2 Å². The number of carboxylic acid groups (broad SMARTS) is 1. The molecule has 1 unspecified atom stereocenters. The van der Waals surface area contributed by atoms with Crippen molar-refractivity contribution in [2.75, 3.05) is 6.54 Å². The van der Waals surface area contributed by atoms with Gasteiger partial charge in [0.05, 0.1) is 6.54 Å². The van der Waals surface area contributed by atoms with Gasteiger partial charge in [0.25, 0.3) is 11.5 Å². The molecule has 1 aliphatic carbocycles. The van der Waals surface area contributed by atoms with Crippen LogP contribution in [-0.2, 0) is 11.2 Å². The van der Waals surface area contributed by atoms with Crippen molar-refractivity contribution >= 4 is 17.7 Å². The van der Waals surface area contributed by atoms with Crippen LogP contribution in [0.5, 0.6) is 0 Å². The third kappa shape index (κ3) is 3.53. The maximum Gasteiger partial charge on any atom is 0.337 e. The van der Waals surface area contributed by atoms with Crippen molar-refractivity contribution in [3.63, 3.8) is 0 Å². The quantitative estimate of drug-likeness (QED) is 0.615. The molecule has 8 heteroatoms. The normalized spacial score (nSPS) is 18.4. The largest absolute Gasteiger partial charge is 0.479 e. The summed E-state index contributed by atoms with van der Waals surface area (Å²) >= 11 is 0. The molecule has 8 nitrogen and oxygen atoms in total. The first-order valence-electron chi connectivity index (χ1n) is 7.46. The third-order valence-corrected chi connectivity index (χ3v) is 4.02. The molecular formula is C16H20N2O6. The topological polar surface area (TPSA) is 137 Å². The summed E-state index contributed by atoms with van der Waals surface area (Å²) < 4.78 is 0. The number of hydrogen-bond acceptors (Lipinski definition) is 5. The van der Waals surface area contributed by atoms with E-state index in [1.165, 1.54) is 6.07 Å². The van der Waals surface area contributed by atoms with E-state index in [4.69, 9.17) is 5.11 Å². The van der Waals surface area contributed by atoms with Crippen molar-refractivity contribution in [1.29, 1.82) is 0 Å². The van der Waals surface area contributed by atoms with Gasteiger partial charge in [-0.1, -0.05) is 13.8 Å². The van der Waals surface area contributed by atoms with Crippen molar-refractivity contribution < 1.29 is 24.6 Å². The monoisotopic (exact) mass is 336 g/mol. The van der Waals surface area contributed by atoms with Crippen LogP contribution >= 0.6 is 0 Å². The Labute approximate surface area is 137 Å². The molecule has 0 fully saturated rings. The molecule has 0 saturated carbocycles. The molecule has 1 aliphatic rings. The number of hydrogen-bond donors (Lipinski definition) is 4. The van der Waals surface area contributed by atoms with Crippen LogP contribution in [0.3, 0.4) is 0 Å². The Morgan fingerprint density at radius 2 is 1.96 bits per heavy atom. The molecule has 0 spiro atoms. The van der Waals surface area contributed by atoms with E-state index in [2.05, 4.69) is 10.3 Å². The second-order valence-corrected chi connectivity index (χ2v) is 7.11. The zero-order valence-electron chi connectivity index (χ0n) is 13.7. The molecule has 0 aliphatic heterocycles. The summed E-state index contributed by atoms with van der Waals surface area (Å²) in [4.78, 5) is 49.8. The van der Waals surface area contributed by atoms with E-state index >= 15 is 0 Å². The highest BCUT2D eigenvalue weighted by atomic mass is 16.4. The Kier molecular flexibility index (Phi) is 4.36. The average molecular weight is 336 g/mol. The van der Waals surface area contributed by atoms with Crippen LogP contribution in [0, 0.1) is 5.41 Å². The highest BCUT2D eigenvalue weighted by Crippen LogP contribution is 2.33. The molecule has 130 valence electrons. The summed E-state index contributed by atoms with van der Waals surface area (Å²) in [6.07, 6.45) is 0.819. The zero-order chi connectivity index (χ0) is 18.3. The molecule has 1 aromatic heterocycles. The van der Waals surface area contributed by atoms with E-state index in [1.807, 2.05) is 13.8 Å². The molecule has 2 rings (SSSR count). The number of Topliss-reactive ketones (excluding diaryl/α,β-unsaturated/α-hetero) is 1. The fourth-order valence-corrected chi connectivity index (χ4v) is 2.62. The number of H-pyrrole nitrogens is 1. The number of amides is 1. The summed E-state index contributed by atoms with van der Waals surface area (Å²) in [5, 5.41) is 20.6. The molecule has 24 heavy (non-hydrogen) atoms. The third-order valence-electron chi connectivity index (χ3n) is 4.02. The fraction of sp³-hybridized carbons (Fsp3) is 0.500. The van der Waals surface area contributed by atoms with Gasteiger partial charge in [-0.3, -0.25) is 14.4 Å². The van der Waals surface area contributed by atoms with Gasteiger partial charge < -0.3 is 20.5 Å². The molecule has 0 aromatic carbocycles. The Morgan fingerprint density at radius 3 is 2.54 bits per heavy atom. The van der Waals surface area contributed by atoms with Crippen LogP contribution in [0.2, 0.25) is 0 Å². The number of ketones is 1. The second-order valence-electron chi connectivity index (χ2n) is 7.11. The first-order valence-corrected chi connectivity index (χ1v) is 7.46. The van der Waals surface area contributed by atoms with Crippen LogP contribution in [0.4, 0.5) is 0 Å². The van der Waals surface area contributed by atoms with Crippen LogP contribution in [0.15, 0.2) is 10.9 Å². The fourth-order valence-electron chi connectivity index (χ4n) is 2.62. The number of aromatic nitrogens is 1. The van der Waals surface area contributed by atoms with Gasteiger partial charge in [-0.25, -0.2) is 4.79 Å². The van der Waals surface area contributed by atoms with Gasteiger partial charge in [-0.2, -0.15) is 0 Å². The number of aliphatic carboxylic acids is 1. The summed E-state index contributed by atoms with van der Waals surface area (Å²) in [5.41, 5.74) is -2.58. The van der Waals surface area contributed by atoms with Gasteiger partial charge in [-0.05, 0) is 24.8 Å². The average Bonchev–Trinajstić information content (AvgIpc) is 2.42. The smallest absolute Gasteiger partial charge is 0.337 e. The van der Waals surface area contributed by atoms with Crippen molar-refractivity contribution in [1.82, 2.24) is 10.3 Å². The molecule has 4 N–H and O–H groups in total. The molecule has 0 radical (unpaired) electrons. The number of carboxylic acids is 1. The lowest BCUT2D eigenvalue weighted by molar-refractivity contribution is -0.155. The van der Waals surface area contributed by atoms with E-state index in [0.717, 1.165) is 6.92 Å². The number of fused-ring (bicyclic) bond motifs is 1. The maximum absolute atomic E-state index is 12.2.